The Morgan fingerprint density at radius 3 is 3.04 bits per heavy atom. The van der Waals surface area contributed by atoms with Gasteiger partial charge in [-0.3, -0.25) is 9.59 Å². The number of hydrogen-bond acceptors (Lipinski definition) is 7. The number of aromatic amines is 1. The molecule has 0 aliphatic carbocycles. The number of carbonyl (C=O) groups excluding carboxylic acids is 1. The highest BCUT2D eigenvalue weighted by atomic mass is 35.5. The number of methoxy groups -OCH3 is 1. The first kappa shape index (κ1) is 17.6. The van der Waals surface area contributed by atoms with Gasteiger partial charge in [-0.15, -0.1) is 11.3 Å². The molecular formula is C15H12ClN3O4S2. The summed E-state index contributed by atoms with van der Waals surface area (Å²) in [5.41, 5.74) is 0.346. The lowest BCUT2D eigenvalue weighted by Gasteiger charge is -2.10. The Kier molecular flexibility index (Phi) is 5.16. The van der Waals surface area contributed by atoms with Gasteiger partial charge in [0.25, 0.3) is 5.56 Å². The van der Waals surface area contributed by atoms with E-state index in [0.29, 0.717) is 31.1 Å². The maximum absolute atomic E-state index is 12.1. The van der Waals surface area contributed by atoms with E-state index in [9.17, 15) is 14.7 Å². The van der Waals surface area contributed by atoms with Crippen molar-refractivity contribution in [3.63, 3.8) is 0 Å². The highest BCUT2D eigenvalue weighted by Crippen LogP contribution is 2.33. The molecular weight excluding hydrogens is 386 g/mol. The number of nitrogens with one attached hydrogen (secondary N) is 2. The van der Waals surface area contributed by atoms with Crippen molar-refractivity contribution in [2.45, 2.75) is 4.34 Å². The molecule has 0 aliphatic heterocycles. The molecule has 3 N–H and O–H groups in total. The minimum atomic E-state index is -0.433. The average Bonchev–Trinajstić information content (AvgIpc) is 2.96. The minimum Gasteiger partial charge on any atom is -0.506 e. The Balaban J connectivity index is 1.69. The van der Waals surface area contributed by atoms with Crippen LogP contribution in [0, 0.1) is 0 Å². The number of aromatic nitrogens is 2. The third kappa shape index (κ3) is 4.06. The number of nitrogens with zero attached hydrogens (tertiary/aromatic N) is 1. The molecule has 0 spiro atoms. The molecule has 0 bridgehead atoms. The van der Waals surface area contributed by atoms with Crippen LogP contribution in [0.5, 0.6) is 11.5 Å². The van der Waals surface area contributed by atoms with E-state index in [1.807, 2.05) is 0 Å². The zero-order valence-corrected chi connectivity index (χ0v) is 15.2. The number of thiazole rings is 1. The fourth-order valence-electron chi connectivity index (χ4n) is 2.05. The molecule has 0 fully saturated rings. The van der Waals surface area contributed by atoms with Gasteiger partial charge in [0.15, 0.2) is 9.99 Å². The highest BCUT2D eigenvalue weighted by Gasteiger charge is 2.13. The number of ether oxygens (including phenoxy) is 1. The second-order valence-corrected chi connectivity index (χ2v) is 7.52. The molecule has 0 atom stereocenters. The van der Waals surface area contributed by atoms with Crippen LogP contribution >= 0.6 is 34.7 Å². The fraction of sp³-hybridized carbons (Fsp3) is 0.133. The molecule has 0 saturated heterocycles. The van der Waals surface area contributed by atoms with Crippen molar-refractivity contribution >= 4 is 56.6 Å². The van der Waals surface area contributed by atoms with Gasteiger partial charge < -0.3 is 20.1 Å². The first-order valence-corrected chi connectivity index (χ1v) is 9.13. The van der Waals surface area contributed by atoms with E-state index in [1.165, 1.54) is 30.2 Å². The number of anilines is 1. The molecule has 0 radical (unpaired) electrons. The van der Waals surface area contributed by atoms with Gasteiger partial charge in [0.05, 0.1) is 18.6 Å². The summed E-state index contributed by atoms with van der Waals surface area (Å²) in [5.74, 6) is 0.213. The molecule has 0 unspecified atom stereocenters. The van der Waals surface area contributed by atoms with E-state index in [-0.39, 0.29) is 17.4 Å². The maximum Gasteiger partial charge on any atom is 0.253 e. The standard InChI is InChI=1S/C15H12ClN3O4S2/c1-23-10-3-2-7(16)4-8(10)17-12(22)6-24-15-19-14-13(25-15)9(20)5-11(21)18-14/h2-5H,6H2,1H3,(H,17,22)(H2,18,20,21). The minimum absolute atomic E-state index is 0.0977. The lowest BCUT2D eigenvalue weighted by atomic mass is 10.3. The summed E-state index contributed by atoms with van der Waals surface area (Å²) in [6.45, 7) is 0. The Labute approximate surface area is 155 Å². The van der Waals surface area contributed by atoms with Crippen LogP contribution in [0.2, 0.25) is 5.02 Å². The van der Waals surface area contributed by atoms with E-state index in [1.54, 1.807) is 18.2 Å². The van der Waals surface area contributed by atoms with E-state index in [2.05, 4.69) is 15.3 Å². The maximum atomic E-state index is 12.1. The van der Waals surface area contributed by atoms with Crippen molar-refractivity contribution in [3.8, 4) is 11.5 Å². The molecule has 2 heterocycles. The SMILES string of the molecule is COc1ccc(Cl)cc1NC(=O)CSc1nc2[nH]c(=O)cc(O)c2s1. The molecule has 25 heavy (non-hydrogen) atoms. The molecule has 0 aliphatic rings. The first-order chi connectivity index (χ1) is 12.0. The number of halogens is 1. The number of carbonyl (C=O) groups is 1. The quantitative estimate of drug-likeness (QED) is 0.571. The van der Waals surface area contributed by atoms with Gasteiger partial charge in [-0.2, -0.15) is 0 Å². The summed E-state index contributed by atoms with van der Waals surface area (Å²) < 4.78 is 6.20. The second kappa shape index (κ2) is 7.34. The van der Waals surface area contributed by atoms with E-state index in [0.717, 1.165) is 6.07 Å². The largest absolute Gasteiger partial charge is 0.506 e. The number of amides is 1. The van der Waals surface area contributed by atoms with E-state index < -0.39 is 5.56 Å². The van der Waals surface area contributed by atoms with Gasteiger partial charge in [0.2, 0.25) is 5.91 Å². The predicted octanol–water partition coefficient (Wildman–Crippen LogP) is 3.08. The van der Waals surface area contributed by atoms with Crippen LogP contribution in [0.15, 0.2) is 33.4 Å². The Morgan fingerprint density at radius 2 is 2.28 bits per heavy atom. The van der Waals surface area contributed by atoms with Crippen LogP contribution in [-0.2, 0) is 4.79 Å². The summed E-state index contributed by atoms with van der Waals surface area (Å²) in [4.78, 5) is 30.2. The summed E-state index contributed by atoms with van der Waals surface area (Å²) in [6, 6.07) is 6.02. The van der Waals surface area contributed by atoms with E-state index >= 15 is 0 Å². The van der Waals surface area contributed by atoms with Crippen LogP contribution in [0.1, 0.15) is 0 Å². The zero-order chi connectivity index (χ0) is 18.0. The number of pyridine rings is 1. The Hall–Kier alpha value is -2.23. The van der Waals surface area contributed by atoms with Crippen molar-refractivity contribution in [1.82, 2.24) is 9.97 Å². The summed E-state index contributed by atoms with van der Waals surface area (Å²) in [5, 5.41) is 13.0. The predicted molar refractivity (Wildman–Crippen MR) is 99.3 cm³/mol. The summed E-state index contributed by atoms with van der Waals surface area (Å²) in [7, 11) is 1.50. The molecule has 10 heteroatoms. The van der Waals surface area contributed by atoms with Crippen molar-refractivity contribution in [3.05, 3.63) is 39.6 Å². The smallest absolute Gasteiger partial charge is 0.253 e. The van der Waals surface area contributed by atoms with Gasteiger partial charge in [0, 0.05) is 11.1 Å². The summed E-state index contributed by atoms with van der Waals surface area (Å²) >= 11 is 8.32. The third-order valence-electron chi connectivity index (χ3n) is 3.11. The molecule has 3 aromatic rings. The number of hydrogen-bond donors (Lipinski definition) is 3. The molecule has 130 valence electrons. The number of fused-ring (bicyclic) bond motifs is 1. The molecule has 3 rings (SSSR count). The van der Waals surface area contributed by atoms with Crippen LogP contribution < -0.4 is 15.6 Å². The van der Waals surface area contributed by atoms with Crippen LogP contribution in [0.25, 0.3) is 10.3 Å². The van der Waals surface area contributed by atoms with E-state index in [4.69, 9.17) is 16.3 Å². The molecule has 7 nitrogen and oxygen atoms in total. The monoisotopic (exact) mass is 397 g/mol. The van der Waals surface area contributed by atoms with Gasteiger partial charge in [-0.25, -0.2) is 4.98 Å². The second-order valence-electron chi connectivity index (χ2n) is 4.86. The number of thioether (sulfide) groups is 1. The van der Waals surface area contributed by atoms with Crippen molar-refractivity contribution in [2.75, 3.05) is 18.2 Å². The molecule has 1 amide bonds. The number of benzene rings is 1. The normalized spacial score (nSPS) is 10.8. The Bertz CT molecular complexity index is 1000. The van der Waals surface area contributed by atoms with Crippen molar-refractivity contribution in [2.24, 2.45) is 0 Å². The van der Waals surface area contributed by atoms with Crippen LogP contribution in [-0.4, -0.2) is 33.8 Å². The van der Waals surface area contributed by atoms with Crippen LogP contribution in [0.4, 0.5) is 5.69 Å². The topological polar surface area (TPSA) is 104 Å². The van der Waals surface area contributed by atoms with Gasteiger partial charge >= 0.3 is 0 Å². The fourth-order valence-corrected chi connectivity index (χ4v) is 4.04. The molecule has 0 saturated carbocycles. The number of rotatable bonds is 5. The average molecular weight is 398 g/mol. The van der Waals surface area contributed by atoms with Crippen LogP contribution in [0.3, 0.4) is 0 Å². The third-order valence-corrected chi connectivity index (χ3v) is 5.57. The van der Waals surface area contributed by atoms with Gasteiger partial charge in [-0.05, 0) is 18.2 Å². The highest BCUT2D eigenvalue weighted by molar-refractivity contribution is 8.01. The molecule has 1 aromatic carbocycles. The van der Waals surface area contributed by atoms with Crippen molar-refractivity contribution in [1.29, 1.82) is 0 Å². The summed E-state index contributed by atoms with van der Waals surface area (Å²) in [6.07, 6.45) is 0. The van der Waals surface area contributed by atoms with Gasteiger partial charge in [0.1, 0.15) is 16.2 Å². The lowest BCUT2D eigenvalue weighted by Crippen LogP contribution is -2.14. The number of aromatic hydroxyl groups is 1. The lowest BCUT2D eigenvalue weighted by molar-refractivity contribution is -0.113. The van der Waals surface area contributed by atoms with Crippen molar-refractivity contribution < 1.29 is 14.6 Å². The number of H-pyrrole nitrogens is 1. The first-order valence-electron chi connectivity index (χ1n) is 6.95. The molecule has 2 aromatic heterocycles. The zero-order valence-electron chi connectivity index (χ0n) is 12.8. The Morgan fingerprint density at radius 1 is 1.48 bits per heavy atom. The van der Waals surface area contributed by atoms with Gasteiger partial charge in [-0.1, -0.05) is 23.4 Å².